The lowest BCUT2D eigenvalue weighted by Gasteiger charge is -2.12. The smallest absolute Gasteiger partial charge is 0.191 e. The minimum Gasteiger partial charge on any atom is -0.489 e. The van der Waals surface area contributed by atoms with Gasteiger partial charge in [0.15, 0.2) is 5.96 Å². The second kappa shape index (κ2) is 9.72. The summed E-state index contributed by atoms with van der Waals surface area (Å²) in [5.74, 6) is 1.62. The Bertz CT molecular complexity index is 681. The van der Waals surface area contributed by atoms with E-state index in [0.29, 0.717) is 13.2 Å². The highest BCUT2D eigenvalue weighted by Gasteiger charge is 2.05. The molecule has 0 aliphatic carbocycles. The number of benzene rings is 1. The number of rotatable bonds is 8. The third-order valence-electron chi connectivity index (χ3n) is 3.34. The minimum atomic E-state index is 0.490. The Hall–Kier alpha value is -2.34. The van der Waals surface area contributed by atoms with Crippen molar-refractivity contribution in [2.24, 2.45) is 4.99 Å². The molecule has 0 aliphatic rings. The predicted molar refractivity (Wildman–Crippen MR) is 101 cm³/mol. The molecular formula is C18H24N4OS. The number of aryl methyl sites for hydroxylation is 1. The third kappa shape index (κ3) is 5.38. The number of hydrogen-bond acceptors (Lipinski definition) is 4. The van der Waals surface area contributed by atoms with E-state index in [1.165, 1.54) is 4.88 Å². The van der Waals surface area contributed by atoms with Crippen LogP contribution >= 0.6 is 11.3 Å². The summed E-state index contributed by atoms with van der Waals surface area (Å²) in [6.45, 7) is 10.3. The average molecular weight is 344 g/mol. The second-order valence-electron chi connectivity index (χ2n) is 5.12. The summed E-state index contributed by atoms with van der Waals surface area (Å²) < 4.78 is 5.68. The van der Waals surface area contributed by atoms with Gasteiger partial charge in [0, 0.05) is 17.0 Å². The molecule has 1 aromatic heterocycles. The molecule has 0 unspecified atom stereocenters. The van der Waals surface area contributed by atoms with Crippen LogP contribution in [0.15, 0.2) is 47.4 Å². The summed E-state index contributed by atoms with van der Waals surface area (Å²) in [5, 5.41) is 6.61. The fourth-order valence-corrected chi connectivity index (χ4v) is 2.81. The minimum absolute atomic E-state index is 0.490. The van der Waals surface area contributed by atoms with Crippen LogP contribution in [-0.4, -0.2) is 24.1 Å². The first-order chi connectivity index (χ1) is 11.7. The van der Waals surface area contributed by atoms with Crippen LogP contribution in [0.5, 0.6) is 5.75 Å². The molecule has 0 saturated carbocycles. The molecule has 0 amide bonds. The number of guanidine groups is 1. The largest absolute Gasteiger partial charge is 0.489 e. The van der Waals surface area contributed by atoms with Gasteiger partial charge < -0.3 is 15.4 Å². The Labute approximate surface area is 147 Å². The molecule has 1 aromatic carbocycles. The van der Waals surface area contributed by atoms with Gasteiger partial charge in [-0.1, -0.05) is 30.9 Å². The van der Waals surface area contributed by atoms with E-state index in [4.69, 9.17) is 4.74 Å². The molecule has 0 saturated heterocycles. The first-order valence-corrected chi connectivity index (χ1v) is 8.85. The SMILES string of the molecule is C=CCOc1ccccc1CN=C(NCC)NCc1scnc1C. The van der Waals surface area contributed by atoms with Crippen LogP contribution in [0.3, 0.4) is 0 Å². The Morgan fingerprint density at radius 3 is 2.92 bits per heavy atom. The van der Waals surface area contributed by atoms with Crippen LogP contribution in [0, 0.1) is 6.92 Å². The van der Waals surface area contributed by atoms with E-state index in [1.807, 2.05) is 36.7 Å². The van der Waals surface area contributed by atoms with Gasteiger partial charge in [-0.3, -0.25) is 0 Å². The van der Waals surface area contributed by atoms with Gasteiger partial charge >= 0.3 is 0 Å². The summed E-state index contributed by atoms with van der Waals surface area (Å²) in [6.07, 6.45) is 1.74. The number of thiazole rings is 1. The van der Waals surface area contributed by atoms with Crippen molar-refractivity contribution in [3.63, 3.8) is 0 Å². The van der Waals surface area contributed by atoms with Crippen molar-refractivity contribution in [3.05, 3.63) is 58.6 Å². The number of nitrogens with one attached hydrogen (secondary N) is 2. The van der Waals surface area contributed by atoms with Gasteiger partial charge in [-0.2, -0.15) is 0 Å². The van der Waals surface area contributed by atoms with Crippen LogP contribution < -0.4 is 15.4 Å². The maximum Gasteiger partial charge on any atom is 0.191 e. The molecule has 2 rings (SSSR count). The zero-order chi connectivity index (χ0) is 17.2. The first-order valence-electron chi connectivity index (χ1n) is 7.97. The molecule has 6 heteroatoms. The van der Waals surface area contributed by atoms with Gasteiger partial charge in [-0.25, -0.2) is 9.98 Å². The van der Waals surface area contributed by atoms with E-state index < -0.39 is 0 Å². The Balaban J connectivity index is 2.02. The summed E-state index contributed by atoms with van der Waals surface area (Å²) in [4.78, 5) is 10.1. The van der Waals surface area contributed by atoms with Gasteiger partial charge in [-0.05, 0) is 19.9 Å². The maximum absolute atomic E-state index is 5.68. The maximum atomic E-state index is 5.68. The van der Waals surface area contributed by atoms with Crippen molar-refractivity contribution >= 4 is 17.3 Å². The number of aromatic nitrogens is 1. The summed E-state index contributed by atoms with van der Waals surface area (Å²) in [6, 6.07) is 7.93. The molecule has 0 spiro atoms. The van der Waals surface area contributed by atoms with Crippen molar-refractivity contribution in [3.8, 4) is 5.75 Å². The third-order valence-corrected chi connectivity index (χ3v) is 4.28. The molecular weight excluding hydrogens is 320 g/mol. The molecule has 2 N–H and O–H groups in total. The lowest BCUT2D eigenvalue weighted by molar-refractivity contribution is 0.359. The van der Waals surface area contributed by atoms with E-state index in [0.717, 1.165) is 36.1 Å². The number of ether oxygens (including phenoxy) is 1. The second-order valence-corrected chi connectivity index (χ2v) is 6.06. The normalized spacial score (nSPS) is 11.2. The lowest BCUT2D eigenvalue weighted by atomic mass is 10.2. The van der Waals surface area contributed by atoms with E-state index in [-0.39, 0.29) is 0 Å². The fourth-order valence-electron chi connectivity index (χ4n) is 2.09. The average Bonchev–Trinajstić information content (AvgIpc) is 3.01. The molecule has 5 nitrogen and oxygen atoms in total. The molecule has 24 heavy (non-hydrogen) atoms. The van der Waals surface area contributed by atoms with Gasteiger partial charge in [-0.15, -0.1) is 11.3 Å². The lowest BCUT2D eigenvalue weighted by Crippen LogP contribution is -2.36. The van der Waals surface area contributed by atoms with Crippen LogP contribution in [0.4, 0.5) is 0 Å². The topological polar surface area (TPSA) is 58.5 Å². The first kappa shape index (κ1) is 18.0. The van der Waals surface area contributed by atoms with Crippen LogP contribution in [0.2, 0.25) is 0 Å². The fraction of sp³-hybridized carbons (Fsp3) is 0.333. The van der Waals surface area contributed by atoms with E-state index >= 15 is 0 Å². The highest BCUT2D eigenvalue weighted by atomic mass is 32.1. The zero-order valence-corrected chi connectivity index (χ0v) is 15.0. The van der Waals surface area contributed by atoms with Crippen LogP contribution in [0.1, 0.15) is 23.1 Å². The highest BCUT2D eigenvalue weighted by Crippen LogP contribution is 2.19. The van der Waals surface area contributed by atoms with Crippen molar-refractivity contribution < 1.29 is 4.74 Å². The number of nitrogens with zero attached hydrogens (tertiary/aromatic N) is 2. The molecule has 0 radical (unpaired) electrons. The number of para-hydroxylation sites is 1. The van der Waals surface area contributed by atoms with Gasteiger partial charge in [0.1, 0.15) is 12.4 Å². The van der Waals surface area contributed by atoms with Crippen molar-refractivity contribution in [2.75, 3.05) is 13.2 Å². The molecule has 128 valence electrons. The van der Waals surface area contributed by atoms with E-state index in [2.05, 4.69) is 34.1 Å². The standard InChI is InChI=1S/C18H24N4OS/c1-4-10-23-16-9-7-6-8-15(16)11-20-18(19-5-2)21-12-17-14(3)22-13-24-17/h4,6-9,13H,1,5,10-12H2,2-3H3,(H2,19,20,21). The summed E-state index contributed by atoms with van der Waals surface area (Å²) >= 11 is 1.65. The molecule has 0 fully saturated rings. The van der Waals surface area contributed by atoms with Gasteiger partial charge in [0.25, 0.3) is 0 Å². The molecule has 1 heterocycles. The van der Waals surface area contributed by atoms with Gasteiger partial charge in [0.05, 0.1) is 24.3 Å². The van der Waals surface area contributed by atoms with Crippen molar-refractivity contribution in [1.29, 1.82) is 0 Å². The van der Waals surface area contributed by atoms with E-state index in [9.17, 15) is 0 Å². The van der Waals surface area contributed by atoms with E-state index in [1.54, 1.807) is 17.4 Å². The van der Waals surface area contributed by atoms with Crippen LogP contribution in [0.25, 0.3) is 0 Å². The van der Waals surface area contributed by atoms with Crippen molar-refractivity contribution in [2.45, 2.75) is 26.9 Å². The number of hydrogen-bond donors (Lipinski definition) is 2. The molecule has 0 aliphatic heterocycles. The molecule has 2 aromatic rings. The molecule has 0 bridgehead atoms. The number of aliphatic imine (C=N–C) groups is 1. The molecule has 0 atom stereocenters. The summed E-state index contributed by atoms with van der Waals surface area (Å²) in [5.41, 5.74) is 3.97. The Morgan fingerprint density at radius 2 is 2.21 bits per heavy atom. The van der Waals surface area contributed by atoms with Crippen molar-refractivity contribution in [1.82, 2.24) is 15.6 Å². The zero-order valence-electron chi connectivity index (χ0n) is 14.2. The predicted octanol–water partition coefficient (Wildman–Crippen LogP) is 3.27. The monoisotopic (exact) mass is 344 g/mol. The Morgan fingerprint density at radius 1 is 1.38 bits per heavy atom. The van der Waals surface area contributed by atoms with Gasteiger partial charge in [0.2, 0.25) is 0 Å². The van der Waals surface area contributed by atoms with Crippen LogP contribution in [-0.2, 0) is 13.1 Å². The Kier molecular flexibility index (Phi) is 7.29. The highest BCUT2D eigenvalue weighted by molar-refractivity contribution is 7.09. The quantitative estimate of drug-likeness (QED) is 0.438. The summed E-state index contributed by atoms with van der Waals surface area (Å²) in [7, 11) is 0.